The van der Waals surface area contributed by atoms with E-state index in [-0.39, 0.29) is 11.8 Å². The van der Waals surface area contributed by atoms with Gasteiger partial charge in [-0.3, -0.25) is 4.79 Å². The van der Waals surface area contributed by atoms with Crippen LogP contribution in [0.25, 0.3) is 0 Å². The van der Waals surface area contributed by atoms with Gasteiger partial charge >= 0.3 is 0 Å². The molecule has 0 saturated carbocycles. The minimum absolute atomic E-state index is 0.147. The fourth-order valence-corrected chi connectivity index (χ4v) is 3.30. The van der Waals surface area contributed by atoms with Gasteiger partial charge in [0.25, 0.3) is 0 Å². The largest absolute Gasteiger partial charge is 0.393 e. The number of nitrogens with zero attached hydrogens (tertiary/aromatic N) is 1. The lowest BCUT2D eigenvalue weighted by Gasteiger charge is -2.30. The highest BCUT2D eigenvalue weighted by Gasteiger charge is 2.31. The first-order valence-electron chi connectivity index (χ1n) is 7.85. The Labute approximate surface area is 129 Å². The van der Waals surface area contributed by atoms with Crippen LogP contribution < -0.4 is 5.73 Å². The summed E-state index contributed by atoms with van der Waals surface area (Å²) in [5.74, 6) is 0.574. The third-order valence-electron chi connectivity index (χ3n) is 4.48. The van der Waals surface area contributed by atoms with Crippen LogP contribution in [0.1, 0.15) is 59.8 Å². The average molecular weight is 298 g/mol. The Hall–Kier alpha value is -0.640. The number of carbonyl (C=O) groups is 1. The third kappa shape index (κ3) is 4.72. The highest BCUT2D eigenvalue weighted by molar-refractivity contribution is 7.80. The Balaban J connectivity index is 2.68. The van der Waals surface area contributed by atoms with Gasteiger partial charge in [-0.05, 0) is 37.0 Å². The van der Waals surface area contributed by atoms with Crippen LogP contribution in [0.5, 0.6) is 0 Å². The Morgan fingerprint density at radius 3 is 2.50 bits per heavy atom. The average Bonchev–Trinajstić information content (AvgIpc) is 2.59. The predicted molar refractivity (Wildman–Crippen MR) is 88.6 cm³/mol. The molecule has 0 bridgehead atoms. The van der Waals surface area contributed by atoms with Gasteiger partial charge in [0.2, 0.25) is 5.91 Å². The highest BCUT2D eigenvalue weighted by Crippen LogP contribution is 2.34. The zero-order valence-electron chi connectivity index (χ0n) is 13.4. The van der Waals surface area contributed by atoms with E-state index in [1.807, 2.05) is 4.90 Å². The number of carbonyl (C=O) groups excluding carboxylic acids is 1. The molecule has 0 aromatic carbocycles. The Kier molecular flexibility index (Phi) is 6.44. The quantitative estimate of drug-likeness (QED) is 0.810. The van der Waals surface area contributed by atoms with E-state index >= 15 is 0 Å². The van der Waals surface area contributed by atoms with Crippen molar-refractivity contribution >= 4 is 23.1 Å². The van der Waals surface area contributed by atoms with Gasteiger partial charge in [-0.25, -0.2) is 0 Å². The molecule has 0 spiro atoms. The standard InChI is InChI=1S/C16H30N2OS/c1-5-7-13(14(17)20)15(19)18-10-6-8-12(9-11-18)16(2,3)4/h12-13H,5-11H2,1-4H3,(H2,17,20). The Bertz CT molecular complexity index is 349. The molecule has 20 heavy (non-hydrogen) atoms. The zero-order valence-corrected chi connectivity index (χ0v) is 14.3. The number of hydrogen-bond donors (Lipinski definition) is 1. The SMILES string of the molecule is CCCC(C(=O)N1CCCC(C(C)(C)C)CC1)C(N)=S. The fourth-order valence-electron chi connectivity index (χ4n) is 3.08. The molecule has 0 aromatic heterocycles. The van der Waals surface area contributed by atoms with Crippen molar-refractivity contribution in [2.24, 2.45) is 23.0 Å². The first kappa shape index (κ1) is 17.4. The summed E-state index contributed by atoms with van der Waals surface area (Å²) in [4.78, 5) is 14.9. The molecule has 2 atom stereocenters. The number of nitrogens with two attached hydrogens (primary N) is 1. The van der Waals surface area contributed by atoms with E-state index < -0.39 is 0 Å². The summed E-state index contributed by atoms with van der Waals surface area (Å²) in [6.45, 7) is 10.7. The number of rotatable bonds is 4. The van der Waals surface area contributed by atoms with Gasteiger partial charge in [0.15, 0.2) is 0 Å². The second kappa shape index (κ2) is 7.39. The summed E-state index contributed by atoms with van der Waals surface area (Å²) < 4.78 is 0. The van der Waals surface area contributed by atoms with E-state index in [9.17, 15) is 4.79 Å². The van der Waals surface area contributed by atoms with Crippen LogP contribution >= 0.6 is 12.2 Å². The molecule has 1 amide bonds. The van der Waals surface area contributed by atoms with Crippen molar-refractivity contribution in [3.8, 4) is 0 Å². The molecule has 1 rings (SSSR count). The minimum atomic E-state index is -0.263. The van der Waals surface area contributed by atoms with Crippen LogP contribution in [0.3, 0.4) is 0 Å². The molecule has 1 heterocycles. The van der Waals surface area contributed by atoms with Crippen LogP contribution in [0.4, 0.5) is 0 Å². The van der Waals surface area contributed by atoms with Gasteiger partial charge in [-0.1, -0.05) is 46.3 Å². The van der Waals surface area contributed by atoms with E-state index in [2.05, 4.69) is 27.7 Å². The molecule has 2 N–H and O–H groups in total. The predicted octanol–water partition coefficient (Wildman–Crippen LogP) is 3.36. The van der Waals surface area contributed by atoms with Crippen LogP contribution in [-0.2, 0) is 4.79 Å². The summed E-state index contributed by atoms with van der Waals surface area (Å²) in [5.41, 5.74) is 6.07. The van der Waals surface area contributed by atoms with Crippen molar-refractivity contribution in [3.63, 3.8) is 0 Å². The van der Waals surface area contributed by atoms with Gasteiger partial charge in [-0.2, -0.15) is 0 Å². The van der Waals surface area contributed by atoms with E-state index in [1.54, 1.807) is 0 Å². The van der Waals surface area contributed by atoms with Crippen molar-refractivity contribution in [2.75, 3.05) is 13.1 Å². The summed E-state index contributed by atoms with van der Waals surface area (Å²) in [5, 5.41) is 0. The van der Waals surface area contributed by atoms with E-state index in [1.165, 1.54) is 6.42 Å². The van der Waals surface area contributed by atoms with Gasteiger partial charge in [-0.15, -0.1) is 0 Å². The van der Waals surface area contributed by atoms with Crippen LogP contribution in [0, 0.1) is 17.3 Å². The van der Waals surface area contributed by atoms with Crippen LogP contribution in [0.2, 0.25) is 0 Å². The van der Waals surface area contributed by atoms with Gasteiger partial charge < -0.3 is 10.6 Å². The lowest BCUT2D eigenvalue weighted by atomic mass is 9.77. The smallest absolute Gasteiger partial charge is 0.232 e. The molecule has 1 aliphatic heterocycles. The van der Waals surface area contributed by atoms with E-state index in [4.69, 9.17) is 18.0 Å². The summed E-state index contributed by atoms with van der Waals surface area (Å²) in [6, 6.07) is 0. The van der Waals surface area contributed by atoms with Crippen molar-refractivity contribution in [1.82, 2.24) is 4.90 Å². The van der Waals surface area contributed by atoms with E-state index in [0.717, 1.165) is 38.8 Å². The zero-order chi connectivity index (χ0) is 15.3. The molecule has 1 fully saturated rings. The molecule has 0 aliphatic carbocycles. The topological polar surface area (TPSA) is 46.3 Å². The summed E-state index contributed by atoms with van der Waals surface area (Å²) in [6.07, 6.45) is 5.09. The van der Waals surface area contributed by atoms with Crippen molar-refractivity contribution in [1.29, 1.82) is 0 Å². The molecular weight excluding hydrogens is 268 g/mol. The first-order valence-corrected chi connectivity index (χ1v) is 8.26. The molecule has 0 aromatic rings. The minimum Gasteiger partial charge on any atom is -0.393 e. The Morgan fingerprint density at radius 1 is 1.35 bits per heavy atom. The second-order valence-corrected chi connectivity index (χ2v) is 7.53. The van der Waals surface area contributed by atoms with E-state index in [0.29, 0.717) is 16.3 Å². The van der Waals surface area contributed by atoms with Crippen LogP contribution in [0.15, 0.2) is 0 Å². The van der Waals surface area contributed by atoms with Gasteiger partial charge in [0.05, 0.1) is 10.9 Å². The second-order valence-electron chi connectivity index (χ2n) is 7.06. The van der Waals surface area contributed by atoms with Crippen LogP contribution in [-0.4, -0.2) is 28.9 Å². The third-order valence-corrected chi connectivity index (χ3v) is 4.77. The molecule has 2 unspecified atom stereocenters. The number of hydrogen-bond acceptors (Lipinski definition) is 2. The summed E-state index contributed by atoms with van der Waals surface area (Å²) >= 11 is 5.07. The maximum absolute atomic E-state index is 12.6. The monoisotopic (exact) mass is 298 g/mol. The first-order chi connectivity index (χ1) is 9.27. The number of likely N-dealkylation sites (tertiary alicyclic amines) is 1. The van der Waals surface area contributed by atoms with Gasteiger partial charge in [0.1, 0.15) is 0 Å². The molecule has 0 radical (unpaired) electrons. The van der Waals surface area contributed by atoms with Gasteiger partial charge in [0, 0.05) is 13.1 Å². The molecule has 4 heteroatoms. The van der Waals surface area contributed by atoms with Crippen molar-refractivity contribution < 1.29 is 4.79 Å². The number of amides is 1. The summed E-state index contributed by atoms with van der Waals surface area (Å²) in [7, 11) is 0. The lowest BCUT2D eigenvalue weighted by Crippen LogP contribution is -2.41. The highest BCUT2D eigenvalue weighted by atomic mass is 32.1. The number of thiocarbonyl (C=S) groups is 1. The lowest BCUT2D eigenvalue weighted by molar-refractivity contribution is -0.133. The van der Waals surface area contributed by atoms with Crippen molar-refractivity contribution in [3.05, 3.63) is 0 Å². The molecule has 3 nitrogen and oxygen atoms in total. The molecule has 1 aliphatic rings. The van der Waals surface area contributed by atoms with Crippen molar-refractivity contribution in [2.45, 2.75) is 59.8 Å². The molecule has 116 valence electrons. The maximum Gasteiger partial charge on any atom is 0.232 e. The molecule has 1 saturated heterocycles. The molecular formula is C16H30N2OS. The maximum atomic E-state index is 12.6. The fraction of sp³-hybridized carbons (Fsp3) is 0.875. The normalized spacial score (nSPS) is 22.2. The Morgan fingerprint density at radius 2 is 2.00 bits per heavy atom.